The molecule has 6 heteroatoms. The Bertz CT molecular complexity index is 607. The maximum Gasteiger partial charge on any atom is 0.180 e. The predicted molar refractivity (Wildman–Crippen MR) is 73.6 cm³/mol. The molecule has 0 saturated heterocycles. The number of nitrogens with one attached hydrogen (secondary N) is 1. The van der Waals surface area contributed by atoms with Crippen molar-refractivity contribution in [3.8, 4) is 0 Å². The zero-order chi connectivity index (χ0) is 13.0. The highest BCUT2D eigenvalue weighted by Crippen LogP contribution is 2.22. The van der Waals surface area contributed by atoms with Gasteiger partial charge in [0.1, 0.15) is 0 Å². The fourth-order valence-electron chi connectivity index (χ4n) is 1.55. The van der Waals surface area contributed by atoms with Crippen LogP contribution in [0.2, 0.25) is 0 Å². The Morgan fingerprint density at radius 3 is 2.78 bits per heavy atom. The van der Waals surface area contributed by atoms with Gasteiger partial charge in [-0.1, -0.05) is 19.1 Å². The predicted octanol–water partition coefficient (Wildman–Crippen LogP) is 2.55. The first-order valence-electron chi connectivity index (χ1n) is 5.56. The summed E-state index contributed by atoms with van der Waals surface area (Å²) < 4.78 is 23.9. The Morgan fingerprint density at radius 2 is 2.11 bits per heavy atom. The largest absolute Gasteiger partial charge is 0.378 e. The number of rotatable bonds is 5. The maximum absolute atomic E-state index is 11.9. The fraction of sp³-hybridized carbons (Fsp3) is 0.250. The summed E-state index contributed by atoms with van der Waals surface area (Å²) in [5.41, 5.74) is 3.29. The van der Waals surface area contributed by atoms with Gasteiger partial charge in [-0.2, -0.15) is 0 Å². The SMILES string of the molecule is CCS(=O)(=O)c1ccccc1NCc1cscn1. The minimum atomic E-state index is -3.20. The molecule has 2 rings (SSSR count). The number of nitrogens with zero attached hydrogens (tertiary/aromatic N) is 1. The molecule has 0 spiro atoms. The molecule has 18 heavy (non-hydrogen) atoms. The fourth-order valence-corrected chi connectivity index (χ4v) is 3.18. The van der Waals surface area contributed by atoms with Crippen LogP contribution < -0.4 is 5.32 Å². The summed E-state index contributed by atoms with van der Waals surface area (Å²) in [6, 6.07) is 6.95. The minimum absolute atomic E-state index is 0.0996. The van der Waals surface area contributed by atoms with Gasteiger partial charge >= 0.3 is 0 Å². The Balaban J connectivity index is 2.23. The third-order valence-corrected chi connectivity index (χ3v) is 4.97. The second kappa shape index (κ2) is 5.49. The van der Waals surface area contributed by atoms with Crippen molar-refractivity contribution in [3.63, 3.8) is 0 Å². The molecule has 0 aliphatic rings. The van der Waals surface area contributed by atoms with E-state index >= 15 is 0 Å². The van der Waals surface area contributed by atoms with Gasteiger partial charge in [0.05, 0.1) is 34.1 Å². The molecular formula is C12H14N2O2S2. The second-order valence-electron chi connectivity index (χ2n) is 3.73. The third-order valence-electron chi connectivity index (χ3n) is 2.55. The first-order valence-corrected chi connectivity index (χ1v) is 8.15. The van der Waals surface area contributed by atoms with Crippen molar-refractivity contribution >= 4 is 26.9 Å². The summed E-state index contributed by atoms with van der Waals surface area (Å²) in [5, 5.41) is 5.06. The monoisotopic (exact) mass is 282 g/mol. The van der Waals surface area contributed by atoms with E-state index in [1.54, 1.807) is 30.6 Å². The zero-order valence-electron chi connectivity index (χ0n) is 9.96. The van der Waals surface area contributed by atoms with Crippen LogP contribution in [0.1, 0.15) is 12.6 Å². The van der Waals surface area contributed by atoms with Crippen LogP contribution in [0.4, 0.5) is 5.69 Å². The average Bonchev–Trinajstić information content (AvgIpc) is 2.90. The normalized spacial score (nSPS) is 11.4. The molecule has 4 nitrogen and oxygen atoms in total. The molecule has 1 aromatic heterocycles. The molecule has 0 amide bonds. The summed E-state index contributed by atoms with van der Waals surface area (Å²) in [4.78, 5) is 4.50. The molecule has 0 bridgehead atoms. The number of thiazole rings is 1. The Morgan fingerprint density at radius 1 is 1.33 bits per heavy atom. The number of benzene rings is 1. The molecule has 1 aromatic carbocycles. The van der Waals surface area contributed by atoms with Gasteiger partial charge in [-0.25, -0.2) is 13.4 Å². The maximum atomic E-state index is 11.9. The minimum Gasteiger partial charge on any atom is -0.378 e. The van der Waals surface area contributed by atoms with Gasteiger partial charge in [-0.05, 0) is 12.1 Å². The van der Waals surface area contributed by atoms with E-state index < -0.39 is 9.84 Å². The van der Waals surface area contributed by atoms with Gasteiger partial charge in [0.25, 0.3) is 0 Å². The van der Waals surface area contributed by atoms with Gasteiger partial charge in [-0.15, -0.1) is 11.3 Å². The number of anilines is 1. The molecule has 0 aliphatic heterocycles. The molecule has 96 valence electrons. The quantitative estimate of drug-likeness (QED) is 0.915. The molecule has 1 N–H and O–H groups in total. The molecule has 0 aliphatic carbocycles. The van der Waals surface area contributed by atoms with E-state index in [9.17, 15) is 8.42 Å². The lowest BCUT2D eigenvalue weighted by Gasteiger charge is -2.10. The smallest absolute Gasteiger partial charge is 0.180 e. The summed E-state index contributed by atoms with van der Waals surface area (Å²) in [6.45, 7) is 2.17. The molecule has 0 fully saturated rings. The van der Waals surface area contributed by atoms with E-state index in [-0.39, 0.29) is 5.75 Å². The van der Waals surface area contributed by atoms with E-state index in [1.807, 2.05) is 11.4 Å². The van der Waals surface area contributed by atoms with Gasteiger partial charge < -0.3 is 5.32 Å². The number of hydrogen-bond donors (Lipinski definition) is 1. The lowest BCUT2D eigenvalue weighted by molar-refractivity contribution is 0.597. The first-order chi connectivity index (χ1) is 8.63. The highest BCUT2D eigenvalue weighted by Gasteiger charge is 2.15. The lowest BCUT2D eigenvalue weighted by Crippen LogP contribution is -2.09. The Labute approximate surface area is 111 Å². The molecule has 0 radical (unpaired) electrons. The van der Waals surface area contributed by atoms with Crippen LogP contribution in [0, 0.1) is 0 Å². The number of para-hydroxylation sites is 1. The highest BCUT2D eigenvalue weighted by molar-refractivity contribution is 7.91. The van der Waals surface area contributed by atoms with Gasteiger partial charge in [0, 0.05) is 5.38 Å². The van der Waals surface area contributed by atoms with Crippen LogP contribution in [0.25, 0.3) is 0 Å². The molecular weight excluding hydrogens is 268 g/mol. The average molecular weight is 282 g/mol. The Kier molecular flexibility index (Phi) is 3.98. The summed E-state index contributed by atoms with van der Waals surface area (Å²) >= 11 is 1.52. The van der Waals surface area contributed by atoms with Gasteiger partial charge in [0.2, 0.25) is 0 Å². The van der Waals surface area contributed by atoms with Crippen LogP contribution in [-0.2, 0) is 16.4 Å². The van der Waals surface area contributed by atoms with Crippen molar-refractivity contribution in [2.75, 3.05) is 11.1 Å². The van der Waals surface area contributed by atoms with E-state index in [2.05, 4.69) is 10.3 Å². The summed E-state index contributed by atoms with van der Waals surface area (Å²) in [5.74, 6) is 0.0996. The van der Waals surface area contributed by atoms with Crippen molar-refractivity contribution in [2.45, 2.75) is 18.4 Å². The van der Waals surface area contributed by atoms with Crippen molar-refractivity contribution in [2.24, 2.45) is 0 Å². The van der Waals surface area contributed by atoms with Crippen LogP contribution in [-0.4, -0.2) is 19.2 Å². The number of sulfone groups is 1. The standard InChI is InChI=1S/C12H14N2O2S2/c1-2-18(15,16)12-6-4-3-5-11(12)13-7-10-8-17-9-14-10/h3-6,8-9,13H,2,7H2,1H3. The topological polar surface area (TPSA) is 59.1 Å². The van der Waals surface area contributed by atoms with Crippen LogP contribution in [0.5, 0.6) is 0 Å². The number of aromatic nitrogens is 1. The number of hydrogen-bond acceptors (Lipinski definition) is 5. The van der Waals surface area contributed by atoms with Crippen molar-refractivity contribution in [3.05, 3.63) is 40.8 Å². The second-order valence-corrected chi connectivity index (χ2v) is 6.70. The van der Waals surface area contributed by atoms with Gasteiger partial charge in [0.15, 0.2) is 9.84 Å². The molecule has 0 unspecified atom stereocenters. The van der Waals surface area contributed by atoms with E-state index in [0.29, 0.717) is 17.1 Å². The van der Waals surface area contributed by atoms with Crippen molar-refractivity contribution in [1.29, 1.82) is 0 Å². The zero-order valence-corrected chi connectivity index (χ0v) is 11.6. The van der Waals surface area contributed by atoms with Gasteiger partial charge in [-0.3, -0.25) is 0 Å². The highest BCUT2D eigenvalue weighted by atomic mass is 32.2. The van der Waals surface area contributed by atoms with Crippen molar-refractivity contribution < 1.29 is 8.42 Å². The third kappa shape index (κ3) is 2.88. The van der Waals surface area contributed by atoms with E-state index in [1.165, 1.54) is 11.3 Å². The summed E-state index contributed by atoms with van der Waals surface area (Å²) in [6.07, 6.45) is 0. The van der Waals surface area contributed by atoms with Crippen LogP contribution in [0.15, 0.2) is 40.1 Å². The van der Waals surface area contributed by atoms with E-state index in [0.717, 1.165) is 5.69 Å². The first kappa shape index (κ1) is 13.0. The van der Waals surface area contributed by atoms with E-state index in [4.69, 9.17) is 0 Å². The lowest BCUT2D eigenvalue weighted by atomic mass is 10.3. The Hall–Kier alpha value is -1.40. The van der Waals surface area contributed by atoms with Crippen LogP contribution in [0.3, 0.4) is 0 Å². The van der Waals surface area contributed by atoms with Crippen molar-refractivity contribution in [1.82, 2.24) is 4.98 Å². The molecule has 0 atom stereocenters. The molecule has 1 heterocycles. The molecule has 0 saturated carbocycles. The van der Waals surface area contributed by atoms with Crippen LogP contribution >= 0.6 is 11.3 Å². The molecule has 2 aromatic rings. The summed E-state index contributed by atoms with van der Waals surface area (Å²) in [7, 11) is -3.20.